The Labute approximate surface area is 125 Å². The van der Waals surface area contributed by atoms with E-state index >= 15 is 0 Å². The molecule has 0 N–H and O–H groups in total. The Morgan fingerprint density at radius 3 is 0.905 bits per heavy atom. The van der Waals surface area contributed by atoms with Crippen LogP contribution in [0.2, 0.25) is 0 Å². The normalized spacial score (nSPS) is 24.1. The van der Waals surface area contributed by atoms with Gasteiger partial charge in [-0.05, 0) is 41.5 Å². The molecule has 21 heavy (non-hydrogen) atoms. The van der Waals surface area contributed by atoms with Crippen LogP contribution < -0.4 is 0 Å². The van der Waals surface area contributed by atoms with Crippen LogP contribution in [0.3, 0.4) is 0 Å². The fraction of sp³-hybridized carbons (Fsp3) is 0.800. The second kappa shape index (κ2) is 6.91. The van der Waals surface area contributed by atoms with Gasteiger partial charge in [0.15, 0.2) is 0 Å². The molecule has 0 atom stereocenters. The lowest BCUT2D eigenvalue weighted by atomic mass is 10.3. The van der Waals surface area contributed by atoms with Crippen molar-refractivity contribution in [3.05, 3.63) is 0 Å². The summed E-state index contributed by atoms with van der Waals surface area (Å²) in [6.45, 7) is 10.3. The highest BCUT2D eigenvalue weighted by Gasteiger charge is 2.65. The third-order valence-electron chi connectivity index (χ3n) is 2.89. The molecule has 0 radical (unpaired) electrons. The van der Waals surface area contributed by atoms with E-state index in [9.17, 15) is 14.4 Å². The van der Waals surface area contributed by atoms with E-state index in [1.807, 2.05) is 0 Å². The number of carbonyl (C=O) groups is 3. The zero-order valence-corrected chi connectivity index (χ0v) is 13.4. The molecule has 6 nitrogen and oxygen atoms in total. The SMILES string of the molecule is CC(C)OC(=O)C1C(C(=O)OC(C)C)C1C(=O)OC(C)C. The summed E-state index contributed by atoms with van der Waals surface area (Å²) in [5.41, 5.74) is 0. The predicted octanol–water partition coefficient (Wildman–Crippen LogP) is 1.70. The van der Waals surface area contributed by atoms with Gasteiger partial charge >= 0.3 is 17.9 Å². The maximum absolute atomic E-state index is 12.0. The Kier molecular flexibility index (Phi) is 5.75. The van der Waals surface area contributed by atoms with E-state index in [0.717, 1.165) is 0 Å². The van der Waals surface area contributed by atoms with Crippen molar-refractivity contribution >= 4 is 17.9 Å². The van der Waals surface area contributed by atoms with Crippen molar-refractivity contribution in [3.8, 4) is 0 Å². The lowest BCUT2D eigenvalue weighted by Crippen LogP contribution is -2.18. The second-order valence-electron chi connectivity index (χ2n) is 6.03. The summed E-state index contributed by atoms with van der Waals surface area (Å²) in [7, 11) is 0. The standard InChI is InChI=1S/C15H24O6/c1-7(2)19-13(16)10-11(14(17)20-8(3)4)12(10)15(18)21-9(5)6/h7-12H,1-6H3. The highest BCUT2D eigenvalue weighted by Crippen LogP contribution is 2.49. The largest absolute Gasteiger partial charge is 0.463 e. The predicted molar refractivity (Wildman–Crippen MR) is 74.2 cm³/mol. The Morgan fingerprint density at radius 2 is 0.762 bits per heavy atom. The van der Waals surface area contributed by atoms with Gasteiger partial charge in [-0.15, -0.1) is 0 Å². The molecule has 1 aliphatic carbocycles. The molecule has 0 aromatic rings. The Morgan fingerprint density at radius 1 is 0.571 bits per heavy atom. The quantitative estimate of drug-likeness (QED) is 0.549. The summed E-state index contributed by atoms with van der Waals surface area (Å²) in [4.78, 5) is 35.9. The Balaban J connectivity index is 2.79. The van der Waals surface area contributed by atoms with Gasteiger partial charge in [0.2, 0.25) is 0 Å². The molecule has 0 spiro atoms. The molecule has 0 aromatic heterocycles. The maximum Gasteiger partial charge on any atom is 0.311 e. The summed E-state index contributed by atoms with van der Waals surface area (Å²) in [6.07, 6.45) is -0.912. The van der Waals surface area contributed by atoms with E-state index in [2.05, 4.69) is 0 Å². The monoisotopic (exact) mass is 300 g/mol. The first kappa shape index (κ1) is 17.5. The fourth-order valence-electron chi connectivity index (χ4n) is 2.12. The fourth-order valence-corrected chi connectivity index (χ4v) is 2.12. The van der Waals surface area contributed by atoms with Gasteiger partial charge in [0.1, 0.15) is 0 Å². The summed E-state index contributed by atoms with van der Waals surface area (Å²) in [5.74, 6) is -4.07. The molecule has 0 bridgehead atoms. The molecule has 1 rings (SSSR count). The van der Waals surface area contributed by atoms with Gasteiger partial charge in [0.25, 0.3) is 0 Å². The molecule has 6 heteroatoms. The molecule has 0 unspecified atom stereocenters. The molecular formula is C15H24O6. The third-order valence-corrected chi connectivity index (χ3v) is 2.89. The van der Waals surface area contributed by atoms with Crippen LogP contribution in [0, 0.1) is 17.8 Å². The van der Waals surface area contributed by atoms with Crippen molar-refractivity contribution in [1.82, 2.24) is 0 Å². The Bertz CT molecular complexity index is 345. The van der Waals surface area contributed by atoms with E-state index in [4.69, 9.17) is 14.2 Å². The topological polar surface area (TPSA) is 78.9 Å². The number of hydrogen-bond donors (Lipinski definition) is 0. The highest BCUT2D eigenvalue weighted by molar-refractivity contribution is 5.97. The molecule has 0 heterocycles. The molecule has 0 amide bonds. The maximum atomic E-state index is 12.0. The van der Waals surface area contributed by atoms with Crippen LogP contribution in [0.25, 0.3) is 0 Å². The van der Waals surface area contributed by atoms with Crippen LogP contribution >= 0.6 is 0 Å². The number of rotatable bonds is 6. The molecule has 0 aromatic carbocycles. The molecule has 1 aliphatic rings. The van der Waals surface area contributed by atoms with Crippen molar-refractivity contribution in [2.75, 3.05) is 0 Å². The van der Waals surface area contributed by atoms with Gasteiger partial charge in [0, 0.05) is 0 Å². The lowest BCUT2D eigenvalue weighted by Gasteiger charge is -2.08. The first-order valence-electron chi connectivity index (χ1n) is 7.26. The van der Waals surface area contributed by atoms with E-state index in [1.165, 1.54) is 0 Å². The van der Waals surface area contributed by atoms with Crippen molar-refractivity contribution in [2.24, 2.45) is 17.8 Å². The first-order chi connectivity index (χ1) is 9.65. The van der Waals surface area contributed by atoms with E-state index < -0.39 is 35.7 Å². The molecule has 0 aliphatic heterocycles. The summed E-state index contributed by atoms with van der Waals surface area (Å²) < 4.78 is 15.3. The van der Waals surface area contributed by atoms with Gasteiger partial charge in [-0.1, -0.05) is 0 Å². The minimum atomic E-state index is -0.801. The van der Waals surface area contributed by atoms with Gasteiger partial charge in [0.05, 0.1) is 36.1 Å². The van der Waals surface area contributed by atoms with Crippen molar-refractivity contribution < 1.29 is 28.6 Å². The lowest BCUT2D eigenvalue weighted by molar-refractivity contribution is -0.155. The van der Waals surface area contributed by atoms with Crippen molar-refractivity contribution in [1.29, 1.82) is 0 Å². The molecule has 0 saturated heterocycles. The second-order valence-corrected chi connectivity index (χ2v) is 6.03. The summed E-state index contributed by atoms with van der Waals surface area (Å²) >= 11 is 0. The minimum Gasteiger partial charge on any atom is -0.463 e. The van der Waals surface area contributed by atoms with Crippen LogP contribution in [0.5, 0.6) is 0 Å². The van der Waals surface area contributed by atoms with Gasteiger partial charge in [-0.2, -0.15) is 0 Å². The average molecular weight is 300 g/mol. The molecular weight excluding hydrogens is 276 g/mol. The van der Waals surface area contributed by atoms with Crippen LogP contribution in [0.1, 0.15) is 41.5 Å². The number of carbonyl (C=O) groups excluding carboxylic acids is 3. The number of hydrogen-bond acceptors (Lipinski definition) is 6. The van der Waals surface area contributed by atoms with Crippen molar-refractivity contribution in [2.45, 2.75) is 59.9 Å². The zero-order valence-electron chi connectivity index (χ0n) is 13.4. The van der Waals surface area contributed by atoms with E-state index in [1.54, 1.807) is 41.5 Å². The van der Waals surface area contributed by atoms with Crippen LogP contribution in [-0.4, -0.2) is 36.2 Å². The summed E-state index contributed by atoms with van der Waals surface area (Å²) in [5, 5.41) is 0. The zero-order chi connectivity index (χ0) is 16.3. The number of esters is 3. The molecule has 1 fully saturated rings. The van der Waals surface area contributed by atoms with Gasteiger partial charge in [-0.25, -0.2) is 0 Å². The summed E-state index contributed by atoms with van der Waals surface area (Å²) in [6, 6.07) is 0. The minimum absolute atomic E-state index is 0.304. The van der Waals surface area contributed by atoms with Gasteiger partial charge < -0.3 is 14.2 Å². The third kappa shape index (κ3) is 4.72. The molecule has 1 saturated carbocycles. The van der Waals surface area contributed by atoms with Crippen LogP contribution in [0.15, 0.2) is 0 Å². The molecule has 120 valence electrons. The average Bonchev–Trinajstić information content (AvgIpc) is 3.00. The van der Waals surface area contributed by atoms with Gasteiger partial charge in [-0.3, -0.25) is 14.4 Å². The first-order valence-corrected chi connectivity index (χ1v) is 7.26. The smallest absolute Gasteiger partial charge is 0.311 e. The highest BCUT2D eigenvalue weighted by atomic mass is 16.6. The van der Waals surface area contributed by atoms with Crippen LogP contribution in [-0.2, 0) is 28.6 Å². The van der Waals surface area contributed by atoms with Crippen molar-refractivity contribution in [3.63, 3.8) is 0 Å². The number of ether oxygens (including phenoxy) is 3. The van der Waals surface area contributed by atoms with Crippen LogP contribution in [0.4, 0.5) is 0 Å². The Hall–Kier alpha value is -1.59. The van der Waals surface area contributed by atoms with E-state index in [0.29, 0.717) is 0 Å². The van der Waals surface area contributed by atoms with E-state index in [-0.39, 0.29) is 18.3 Å².